The molecule has 2 aromatic carbocycles. The van der Waals surface area contributed by atoms with Crippen LogP contribution >= 0.6 is 0 Å². The molecular formula is C15H16N2O. The van der Waals surface area contributed by atoms with Crippen LogP contribution in [0.25, 0.3) is 10.8 Å². The van der Waals surface area contributed by atoms with Gasteiger partial charge in [-0.25, -0.2) is 5.43 Å². The molecule has 0 atom stereocenters. The Morgan fingerprint density at radius 1 is 1.22 bits per heavy atom. The number of amides is 1. The minimum Gasteiger partial charge on any atom is -0.273 e. The van der Waals surface area contributed by atoms with Crippen LogP contribution in [0.5, 0.6) is 0 Å². The lowest BCUT2D eigenvalue weighted by Crippen LogP contribution is -2.16. The molecule has 1 N–H and O–H groups in total. The molecule has 2 aromatic rings. The van der Waals surface area contributed by atoms with Crippen molar-refractivity contribution in [2.45, 2.75) is 19.8 Å². The Hall–Kier alpha value is -2.16. The molecule has 3 heteroatoms. The fraction of sp³-hybridized carbons (Fsp3) is 0.200. The molecule has 0 aliphatic heterocycles. The zero-order chi connectivity index (χ0) is 12.8. The van der Waals surface area contributed by atoms with Crippen LogP contribution in [0.1, 0.15) is 25.3 Å². The fourth-order valence-corrected chi connectivity index (χ4v) is 1.75. The number of hydrogen-bond donors (Lipinski definition) is 1. The molecule has 0 aromatic heterocycles. The van der Waals surface area contributed by atoms with Gasteiger partial charge in [0.25, 0.3) is 0 Å². The topological polar surface area (TPSA) is 41.5 Å². The van der Waals surface area contributed by atoms with Crippen molar-refractivity contribution in [3.63, 3.8) is 0 Å². The number of nitrogens with one attached hydrogen (secondary N) is 1. The number of rotatable bonds is 4. The van der Waals surface area contributed by atoms with E-state index in [1.54, 1.807) is 6.21 Å². The molecule has 0 heterocycles. The average Bonchev–Trinajstić information content (AvgIpc) is 2.39. The van der Waals surface area contributed by atoms with Gasteiger partial charge in [-0.3, -0.25) is 4.79 Å². The van der Waals surface area contributed by atoms with Crippen LogP contribution in [0.3, 0.4) is 0 Å². The van der Waals surface area contributed by atoms with Crippen LogP contribution in [0, 0.1) is 0 Å². The molecule has 0 fully saturated rings. The number of hydrazone groups is 1. The van der Waals surface area contributed by atoms with Gasteiger partial charge in [0.1, 0.15) is 0 Å². The lowest BCUT2D eigenvalue weighted by atomic mass is 10.1. The lowest BCUT2D eigenvalue weighted by Gasteiger charge is -1.99. The standard InChI is InChI=1S/C15H16N2O/c1-2-5-15(18)17-16-11-12-8-9-13-6-3-4-7-14(13)10-12/h3-4,6-11H,2,5H2,1H3,(H,17,18)/b16-11+. The molecule has 18 heavy (non-hydrogen) atoms. The van der Waals surface area contributed by atoms with Crippen molar-refractivity contribution in [1.82, 2.24) is 5.43 Å². The van der Waals surface area contributed by atoms with Gasteiger partial charge >= 0.3 is 0 Å². The Kier molecular flexibility index (Phi) is 4.07. The first kappa shape index (κ1) is 12.3. The summed E-state index contributed by atoms with van der Waals surface area (Å²) in [4.78, 5) is 11.2. The van der Waals surface area contributed by atoms with Gasteiger partial charge in [-0.15, -0.1) is 0 Å². The monoisotopic (exact) mass is 240 g/mol. The number of nitrogens with zero attached hydrogens (tertiary/aromatic N) is 1. The van der Waals surface area contributed by atoms with E-state index in [9.17, 15) is 4.79 Å². The molecule has 0 aliphatic rings. The first-order valence-electron chi connectivity index (χ1n) is 6.10. The summed E-state index contributed by atoms with van der Waals surface area (Å²) in [7, 11) is 0. The van der Waals surface area contributed by atoms with Gasteiger partial charge in [-0.05, 0) is 28.8 Å². The number of fused-ring (bicyclic) bond motifs is 1. The van der Waals surface area contributed by atoms with E-state index in [4.69, 9.17) is 0 Å². The van der Waals surface area contributed by atoms with Gasteiger partial charge in [0, 0.05) is 6.42 Å². The largest absolute Gasteiger partial charge is 0.273 e. The highest BCUT2D eigenvalue weighted by atomic mass is 16.2. The zero-order valence-corrected chi connectivity index (χ0v) is 10.4. The van der Waals surface area contributed by atoms with Crippen LogP contribution in [-0.4, -0.2) is 12.1 Å². The molecule has 0 unspecified atom stereocenters. The average molecular weight is 240 g/mol. The molecule has 0 saturated heterocycles. The minimum absolute atomic E-state index is 0.0467. The summed E-state index contributed by atoms with van der Waals surface area (Å²) >= 11 is 0. The number of carbonyl (C=O) groups is 1. The minimum atomic E-state index is -0.0467. The van der Waals surface area contributed by atoms with Crippen LogP contribution in [0.4, 0.5) is 0 Å². The molecule has 3 nitrogen and oxygen atoms in total. The van der Waals surface area contributed by atoms with Crippen molar-refractivity contribution in [2.24, 2.45) is 5.10 Å². The Balaban J connectivity index is 2.07. The van der Waals surface area contributed by atoms with Gasteiger partial charge in [-0.1, -0.05) is 43.3 Å². The van der Waals surface area contributed by atoms with Crippen LogP contribution in [-0.2, 0) is 4.79 Å². The smallest absolute Gasteiger partial charge is 0.240 e. The van der Waals surface area contributed by atoms with E-state index < -0.39 is 0 Å². The number of benzene rings is 2. The van der Waals surface area contributed by atoms with Crippen molar-refractivity contribution in [3.05, 3.63) is 48.0 Å². The lowest BCUT2D eigenvalue weighted by molar-refractivity contribution is -0.121. The number of hydrogen-bond acceptors (Lipinski definition) is 2. The van der Waals surface area contributed by atoms with Gasteiger partial charge in [-0.2, -0.15) is 5.10 Å². The molecule has 0 radical (unpaired) electrons. The summed E-state index contributed by atoms with van der Waals surface area (Å²) in [6.07, 6.45) is 3.01. The maximum absolute atomic E-state index is 11.2. The third-order valence-electron chi connectivity index (χ3n) is 2.65. The van der Waals surface area contributed by atoms with Gasteiger partial charge in [0.2, 0.25) is 5.91 Å². The van der Waals surface area contributed by atoms with Crippen LogP contribution in [0.15, 0.2) is 47.6 Å². The Morgan fingerprint density at radius 3 is 2.78 bits per heavy atom. The SMILES string of the molecule is CCCC(=O)N/N=C/c1ccc2ccccc2c1. The molecule has 92 valence electrons. The zero-order valence-electron chi connectivity index (χ0n) is 10.4. The highest BCUT2D eigenvalue weighted by molar-refractivity contribution is 5.90. The van der Waals surface area contributed by atoms with Crippen molar-refractivity contribution < 1.29 is 4.79 Å². The predicted molar refractivity (Wildman–Crippen MR) is 74.6 cm³/mol. The second-order valence-electron chi connectivity index (χ2n) is 4.15. The molecule has 2 rings (SSSR count). The quantitative estimate of drug-likeness (QED) is 0.647. The van der Waals surface area contributed by atoms with Crippen LogP contribution < -0.4 is 5.43 Å². The van der Waals surface area contributed by atoms with E-state index in [1.165, 1.54) is 10.8 Å². The second kappa shape index (κ2) is 5.96. The second-order valence-corrected chi connectivity index (χ2v) is 4.15. The summed E-state index contributed by atoms with van der Waals surface area (Å²) < 4.78 is 0. The molecule has 0 bridgehead atoms. The van der Waals surface area contributed by atoms with Crippen LogP contribution in [0.2, 0.25) is 0 Å². The van der Waals surface area contributed by atoms with Crippen molar-refractivity contribution in [3.8, 4) is 0 Å². The first-order chi connectivity index (χ1) is 8.79. The van der Waals surface area contributed by atoms with E-state index in [0.717, 1.165) is 12.0 Å². The maximum Gasteiger partial charge on any atom is 0.240 e. The highest BCUT2D eigenvalue weighted by Gasteiger charge is 1.96. The predicted octanol–water partition coefficient (Wildman–Crippen LogP) is 3.09. The molecule has 1 amide bonds. The molecule has 0 spiro atoms. The van der Waals surface area contributed by atoms with Crippen molar-refractivity contribution >= 4 is 22.9 Å². The van der Waals surface area contributed by atoms with E-state index in [1.807, 2.05) is 37.3 Å². The maximum atomic E-state index is 11.2. The van der Waals surface area contributed by atoms with Crippen molar-refractivity contribution in [2.75, 3.05) is 0 Å². The normalized spacial score (nSPS) is 10.9. The highest BCUT2D eigenvalue weighted by Crippen LogP contribution is 2.14. The van der Waals surface area contributed by atoms with Gasteiger partial charge < -0.3 is 0 Å². The fourth-order valence-electron chi connectivity index (χ4n) is 1.75. The Bertz CT molecular complexity index is 575. The van der Waals surface area contributed by atoms with E-state index in [2.05, 4.69) is 22.7 Å². The van der Waals surface area contributed by atoms with Crippen molar-refractivity contribution in [1.29, 1.82) is 0 Å². The first-order valence-corrected chi connectivity index (χ1v) is 6.10. The Morgan fingerprint density at radius 2 is 2.00 bits per heavy atom. The van der Waals surface area contributed by atoms with E-state index in [0.29, 0.717) is 6.42 Å². The summed E-state index contributed by atoms with van der Waals surface area (Å²) in [6, 6.07) is 14.2. The third kappa shape index (κ3) is 3.17. The third-order valence-corrected chi connectivity index (χ3v) is 2.65. The van der Waals surface area contributed by atoms with E-state index in [-0.39, 0.29) is 5.91 Å². The summed E-state index contributed by atoms with van der Waals surface area (Å²) in [5.74, 6) is -0.0467. The summed E-state index contributed by atoms with van der Waals surface area (Å²) in [6.45, 7) is 1.96. The number of carbonyl (C=O) groups excluding carboxylic acids is 1. The summed E-state index contributed by atoms with van der Waals surface area (Å²) in [5.41, 5.74) is 3.49. The van der Waals surface area contributed by atoms with Gasteiger partial charge in [0.15, 0.2) is 0 Å². The summed E-state index contributed by atoms with van der Waals surface area (Å²) in [5, 5.41) is 6.31. The molecular weight excluding hydrogens is 224 g/mol. The molecule has 0 saturated carbocycles. The van der Waals surface area contributed by atoms with Gasteiger partial charge in [0.05, 0.1) is 6.21 Å². The molecule has 0 aliphatic carbocycles. The Labute approximate surface area is 107 Å². The van der Waals surface area contributed by atoms with E-state index >= 15 is 0 Å².